The van der Waals surface area contributed by atoms with Crippen molar-refractivity contribution in [2.75, 3.05) is 7.11 Å². The second-order valence-electron chi connectivity index (χ2n) is 6.56. The highest BCUT2D eigenvalue weighted by Crippen LogP contribution is 2.41. The summed E-state index contributed by atoms with van der Waals surface area (Å²) in [5.74, 6) is 1.72. The number of rotatable bonds is 4. The van der Waals surface area contributed by atoms with Gasteiger partial charge in [0.2, 0.25) is 0 Å². The highest BCUT2D eigenvalue weighted by molar-refractivity contribution is 6.17. The molecule has 4 heteroatoms. The van der Waals surface area contributed by atoms with Gasteiger partial charge in [-0.3, -0.25) is 4.99 Å². The van der Waals surface area contributed by atoms with Crippen LogP contribution < -0.4 is 4.74 Å². The van der Waals surface area contributed by atoms with Crippen molar-refractivity contribution >= 4 is 5.71 Å². The lowest BCUT2D eigenvalue weighted by atomic mass is 9.93. The van der Waals surface area contributed by atoms with E-state index in [0.717, 1.165) is 58.0 Å². The van der Waals surface area contributed by atoms with Crippen molar-refractivity contribution < 1.29 is 9.26 Å². The summed E-state index contributed by atoms with van der Waals surface area (Å²) in [6.45, 7) is 4.17. The predicted molar refractivity (Wildman–Crippen MR) is 103 cm³/mol. The number of hydrogen-bond acceptors (Lipinski definition) is 4. The van der Waals surface area contributed by atoms with E-state index in [-0.39, 0.29) is 6.04 Å². The minimum absolute atomic E-state index is 0.0271. The number of benzene rings is 2. The Morgan fingerprint density at radius 2 is 1.77 bits per heavy atom. The maximum absolute atomic E-state index is 5.73. The molecule has 26 heavy (non-hydrogen) atoms. The summed E-state index contributed by atoms with van der Waals surface area (Å²) < 4.78 is 11.0. The van der Waals surface area contributed by atoms with Gasteiger partial charge in [0.25, 0.3) is 0 Å². The first-order chi connectivity index (χ1) is 12.7. The van der Waals surface area contributed by atoms with Crippen molar-refractivity contribution in [2.24, 2.45) is 4.99 Å². The van der Waals surface area contributed by atoms with E-state index in [4.69, 9.17) is 14.3 Å². The first kappa shape index (κ1) is 16.6. The summed E-state index contributed by atoms with van der Waals surface area (Å²) in [7, 11) is 1.68. The van der Waals surface area contributed by atoms with E-state index < -0.39 is 0 Å². The Bertz CT molecular complexity index is 955. The van der Waals surface area contributed by atoms with E-state index in [1.54, 1.807) is 7.11 Å². The van der Waals surface area contributed by atoms with E-state index in [9.17, 15) is 0 Å². The molecule has 4 nitrogen and oxygen atoms in total. The third-order valence-electron chi connectivity index (χ3n) is 4.85. The molecule has 1 aliphatic rings. The van der Waals surface area contributed by atoms with Gasteiger partial charge in [-0.15, -0.1) is 0 Å². The molecule has 1 atom stereocenters. The molecule has 0 saturated carbocycles. The smallest absolute Gasteiger partial charge is 0.169 e. The van der Waals surface area contributed by atoms with Crippen molar-refractivity contribution in [1.29, 1.82) is 0 Å². The Morgan fingerprint density at radius 1 is 1.04 bits per heavy atom. The van der Waals surface area contributed by atoms with Crippen LogP contribution in [0, 0.1) is 6.92 Å². The quantitative estimate of drug-likeness (QED) is 0.640. The summed E-state index contributed by atoms with van der Waals surface area (Å²) in [6.07, 6.45) is 1.95. The molecule has 132 valence electrons. The molecule has 2 heterocycles. The molecule has 1 aliphatic heterocycles. The summed E-state index contributed by atoms with van der Waals surface area (Å²) in [6, 6.07) is 16.4. The van der Waals surface area contributed by atoms with Crippen molar-refractivity contribution in [1.82, 2.24) is 5.16 Å². The van der Waals surface area contributed by atoms with Gasteiger partial charge in [0, 0.05) is 11.1 Å². The minimum Gasteiger partial charge on any atom is -0.497 e. The second-order valence-corrected chi connectivity index (χ2v) is 6.56. The fourth-order valence-corrected chi connectivity index (χ4v) is 3.58. The Morgan fingerprint density at radius 3 is 2.46 bits per heavy atom. The number of aliphatic imine (C=N–C) groups is 1. The topological polar surface area (TPSA) is 47.6 Å². The van der Waals surface area contributed by atoms with Crippen LogP contribution in [-0.2, 0) is 0 Å². The first-order valence-electron chi connectivity index (χ1n) is 9.01. The zero-order chi connectivity index (χ0) is 18.1. The lowest BCUT2D eigenvalue weighted by Gasteiger charge is -2.12. The van der Waals surface area contributed by atoms with Gasteiger partial charge in [0.15, 0.2) is 5.76 Å². The van der Waals surface area contributed by atoms with E-state index in [1.807, 2.05) is 19.1 Å². The molecule has 0 unspecified atom stereocenters. The Labute approximate surface area is 153 Å². The number of nitrogens with zero attached hydrogens (tertiary/aromatic N) is 2. The number of ether oxygens (including phenoxy) is 1. The third kappa shape index (κ3) is 2.71. The van der Waals surface area contributed by atoms with Crippen LogP contribution in [0.5, 0.6) is 5.75 Å². The highest BCUT2D eigenvalue weighted by Gasteiger charge is 2.29. The molecule has 0 N–H and O–H groups in total. The fourth-order valence-electron chi connectivity index (χ4n) is 3.58. The zero-order valence-electron chi connectivity index (χ0n) is 15.3. The van der Waals surface area contributed by atoms with Gasteiger partial charge in [0.1, 0.15) is 11.8 Å². The number of hydrogen-bond donors (Lipinski definition) is 0. The Hall–Kier alpha value is -2.88. The molecule has 4 rings (SSSR count). The predicted octanol–water partition coefficient (Wildman–Crippen LogP) is 5.35. The van der Waals surface area contributed by atoms with Crippen LogP contribution in [0.4, 0.5) is 0 Å². The van der Waals surface area contributed by atoms with Crippen LogP contribution in [0.25, 0.3) is 11.1 Å². The Balaban J connectivity index is 1.95. The van der Waals surface area contributed by atoms with Crippen molar-refractivity contribution in [3.8, 4) is 16.9 Å². The van der Waals surface area contributed by atoms with Crippen molar-refractivity contribution in [2.45, 2.75) is 32.7 Å². The standard InChI is InChI=1S/C22H22N2O2/c1-4-7-19-22-20(14(2)24-26-22)17-8-5-6-9-18(17)21(23-19)15-10-12-16(25-3)13-11-15/h5-6,8-13,19H,4,7H2,1-3H3/t19-/m0/s1. The lowest BCUT2D eigenvalue weighted by molar-refractivity contribution is 0.353. The lowest BCUT2D eigenvalue weighted by Crippen LogP contribution is -2.06. The molecule has 2 aromatic carbocycles. The molecule has 0 aliphatic carbocycles. The Kier molecular flexibility index (Phi) is 4.33. The largest absolute Gasteiger partial charge is 0.497 e. The summed E-state index contributed by atoms with van der Waals surface area (Å²) >= 11 is 0. The van der Waals surface area contributed by atoms with Gasteiger partial charge in [-0.2, -0.15) is 0 Å². The number of fused-ring (bicyclic) bond motifs is 3. The average Bonchev–Trinajstić information content (AvgIpc) is 3.00. The summed E-state index contributed by atoms with van der Waals surface area (Å²) in [5.41, 5.74) is 6.33. The number of aryl methyl sites for hydroxylation is 1. The normalized spacial score (nSPS) is 15.7. The van der Waals surface area contributed by atoms with Crippen LogP contribution in [-0.4, -0.2) is 18.0 Å². The molecule has 3 aromatic rings. The van der Waals surface area contributed by atoms with Crippen LogP contribution >= 0.6 is 0 Å². The molecule has 0 spiro atoms. The SMILES string of the molecule is CCC[C@@H]1N=C(c2ccc(OC)cc2)c2ccccc2-c2c(C)noc21. The molecule has 0 saturated heterocycles. The van der Waals surface area contributed by atoms with Crippen LogP contribution in [0.2, 0.25) is 0 Å². The molecule has 0 bridgehead atoms. The molecule has 0 fully saturated rings. The minimum atomic E-state index is -0.0271. The van der Waals surface area contributed by atoms with Gasteiger partial charge in [-0.25, -0.2) is 0 Å². The third-order valence-corrected chi connectivity index (χ3v) is 4.85. The fraction of sp³-hybridized carbons (Fsp3) is 0.273. The second kappa shape index (κ2) is 6.79. The number of methoxy groups -OCH3 is 1. The maximum Gasteiger partial charge on any atom is 0.169 e. The zero-order valence-corrected chi connectivity index (χ0v) is 15.3. The summed E-state index contributed by atoms with van der Waals surface area (Å²) in [5, 5.41) is 4.23. The van der Waals surface area contributed by atoms with Gasteiger partial charge in [-0.1, -0.05) is 42.8 Å². The van der Waals surface area contributed by atoms with E-state index in [0.29, 0.717) is 0 Å². The van der Waals surface area contributed by atoms with E-state index in [2.05, 4.69) is 48.5 Å². The van der Waals surface area contributed by atoms with Crippen LogP contribution in [0.3, 0.4) is 0 Å². The number of aromatic nitrogens is 1. The molecular weight excluding hydrogens is 324 g/mol. The average molecular weight is 346 g/mol. The van der Waals surface area contributed by atoms with Gasteiger partial charge < -0.3 is 9.26 Å². The van der Waals surface area contributed by atoms with Crippen LogP contribution in [0.15, 0.2) is 58.0 Å². The first-order valence-corrected chi connectivity index (χ1v) is 9.01. The van der Waals surface area contributed by atoms with E-state index in [1.165, 1.54) is 0 Å². The monoisotopic (exact) mass is 346 g/mol. The van der Waals surface area contributed by atoms with Gasteiger partial charge in [0.05, 0.1) is 24.1 Å². The molecule has 0 radical (unpaired) electrons. The molecule has 0 amide bonds. The highest BCUT2D eigenvalue weighted by atomic mass is 16.5. The maximum atomic E-state index is 5.73. The van der Waals surface area contributed by atoms with Gasteiger partial charge >= 0.3 is 0 Å². The molecular formula is C22H22N2O2. The van der Waals surface area contributed by atoms with Crippen LogP contribution in [0.1, 0.15) is 48.4 Å². The van der Waals surface area contributed by atoms with Crippen molar-refractivity contribution in [3.63, 3.8) is 0 Å². The van der Waals surface area contributed by atoms with Gasteiger partial charge in [-0.05, 0) is 43.2 Å². The molecule has 1 aromatic heterocycles. The van der Waals surface area contributed by atoms with E-state index >= 15 is 0 Å². The summed E-state index contributed by atoms with van der Waals surface area (Å²) in [4.78, 5) is 5.13. The van der Waals surface area contributed by atoms with Crippen molar-refractivity contribution in [3.05, 3.63) is 71.1 Å².